The minimum absolute atomic E-state index is 0.103. The van der Waals surface area contributed by atoms with Crippen LogP contribution in [0.3, 0.4) is 0 Å². The molecule has 2 aromatic carbocycles. The Kier molecular flexibility index (Phi) is 6.12. The number of amides is 1. The van der Waals surface area contributed by atoms with E-state index < -0.39 is 0 Å². The van der Waals surface area contributed by atoms with Crippen LogP contribution in [0.2, 0.25) is 0 Å². The Morgan fingerprint density at radius 2 is 1.47 bits per heavy atom. The molecule has 6 nitrogen and oxygen atoms in total. The molecule has 3 aromatic rings. The summed E-state index contributed by atoms with van der Waals surface area (Å²) in [4.78, 5) is 19.6. The second-order valence-corrected chi connectivity index (χ2v) is 8.60. The lowest BCUT2D eigenvalue weighted by Gasteiger charge is -2.34. The molecule has 2 fully saturated rings. The molecule has 0 saturated carbocycles. The van der Waals surface area contributed by atoms with Crippen molar-refractivity contribution < 1.29 is 4.79 Å². The van der Waals surface area contributed by atoms with Crippen molar-refractivity contribution in [2.75, 3.05) is 44.2 Å². The van der Waals surface area contributed by atoms with Gasteiger partial charge in [0, 0.05) is 56.9 Å². The number of anilines is 1. The van der Waals surface area contributed by atoms with Crippen LogP contribution in [0.1, 0.15) is 28.8 Å². The number of aromatic nitrogens is 2. The van der Waals surface area contributed by atoms with E-state index in [1.54, 1.807) is 0 Å². The zero-order valence-corrected chi connectivity index (χ0v) is 18.4. The fraction of sp³-hybridized carbons (Fsp3) is 0.346. The first-order chi connectivity index (χ1) is 15.8. The Morgan fingerprint density at radius 3 is 2.12 bits per heavy atom. The lowest BCUT2D eigenvalue weighted by Crippen LogP contribution is -2.48. The van der Waals surface area contributed by atoms with Crippen molar-refractivity contribution in [3.05, 3.63) is 77.9 Å². The normalized spacial score (nSPS) is 17.0. The molecular weight excluding hydrogens is 398 g/mol. The minimum Gasteiger partial charge on any atom is -0.355 e. The second-order valence-electron chi connectivity index (χ2n) is 8.60. The van der Waals surface area contributed by atoms with Crippen molar-refractivity contribution in [1.82, 2.24) is 20.0 Å². The van der Waals surface area contributed by atoms with Crippen LogP contribution < -0.4 is 4.90 Å². The van der Waals surface area contributed by atoms with Crippen LogP contribution >= 0.6 is 0 Å². The standard InChI is InChI=1S/C26H29N5O/c32-26(31-18-16-29(17-19-31)20-21-6-2-1-3-7-21)23-10-8-22(9-11-23)24-12-13-25(28-27-24)30-14-4-5-15-30/h1-3,6-13H,4-5,14-20H2. The van der Waals surface area contributed by atoms with Crippen molar-refractivity contribution >= 4 is 11.7 Å². The van der Waals surface area contributed by atoms with Crippen molar-refractivity contribution in [3.8, 4) is 11.3 Å². The highest BCUT2D eigenvalue weighted by atomic mass is 16.2. The van der Waals surface area contributed by atoms with E-state index in [4.69, 9.17) is 0 Å². The summed E-state index contributed by atoms with van der Waals surface area (Å²) in [6.07, 6.45) is 2.45. The monoisotopic (exact) mass is 427 g/mol. The molecule has 0 bridgehead atoms. The van der Waals surface area contributed by atoms with Crippen LogP contribution in [0.15, 0.2) is 66.7 Å². The predicted molar refractivity (Wildman–Crippen MR) is 127 cm³/mol. The minimum atomic E-state index is 0.103. The Morgan fingerprint density at radius 1 is 0.750 bits per heavy atom. The van der Waals surface area contributed by atoms with Gasteiger partial charge in [-0.2, -0.15) is 0 Å². The summed E-state index contributed by atoms with van der Waals surface area (Å²) in [5, 5.41) is 8.81. The van der Waals surface area contributed by atoms with E-state index in [1.165, 1.54) is 18.4 Å². The van der Waals surface area contributed by atoms with E-state index in [-0.39, 0.29) is 5.91 Å². The number of hydrogen-bond acceptors (Lipinski definition) is 5. The van der Waals surface area contributed by atoms with E-state index in [9.17, 15) is 4.79 Å². The number of carbonyl (C=O) groups is 1. The Balaban J connectivity index is 1.17. The molecule has 0 radical (unpaired) electrons. The molecule has 32 heavy (non-hydrogen) atoms. The Bertz CT molecular complexity index is 1020. The summed E-state index contributed by atoms with van der Waals surface area (Å²) in [6, 6.07) is 22.3. The molecule has 0 atom stereocenters. The number of benzene rings is 2. The predicted octanol–water partition coefficient (Wildman–Crippen LogP) is 3.70. The van der Waals surface area contributed by atoms with Gasteiger partial charge >= 0.3 is 0 Å². The zero-order chi connectivity index (χ0) is 21.8. The maximum atomic E-state index is 13.0. The van der Waals surface area contributed by atoms with Crippen molar-refractivity contribution in [1.29, 1.82) is 0 Å². The van der Waals surface area contributed by atoms with Gasteiger partial charge in [0.15, 0.2) is 5.82 Å². The quantitative estimate of drug-likeness (QED) is 0.621. The first kappa shape index (κ1) is 20.6. The summed E-state index contributed by atoms with van der Waals surface area (Å²) >= 11 is 0. The fourth-order valence-corrected chi connectivity index (χ4v) is 4.51. The van der Waals surface area contributed by atoms with Gasteiger partial charge < -0.3 is 9.80 Å². The van der Waals surface area contributed by atoms with E-state index in [2.05, 4.69) is 44.3 Å². The van der Waals surface area contributed by atoms with Gasteiger partial charge in [0.05, 0.1) is 5.69 Å². The lowest BCUT2D eigenvalue weighted by atomic mass is 10.1. The highest BCUT2D eigenvalue weighted by Gasteiger charge is 2.22. The number of piperazine rings is 1. The highest BCUT2D eigenvalue weighted by Crippen LogP contribution is 2.22. The molecule has 164 valence electrons. The van der Waals surface area contributed by atoms with Crippen LogP contribution in [-0.2, 0) is 6.54 Å². The topological polar surface area (TPSA) is 52.6 Å². The molecule has 2 aliphatic heterocycles. The number of hydrogen-bond donors (Lipinski definition) is 0. The number of nitrogens with zero attached hydrogens (tertiary/aromatic N) is 5. The Labute approximate surface area is 189 Å². The smallest absolute Gasteiger partial charge is 0.253 e. The first-order valence-electron chi connectivity index (χ1n) is 11.5. The largest absolute Gasteiger partial charge is 0.355 e. The highest BCUT2D eigenvalue weighted by molar-refractivity contribution is 5.94. The third kappa shape index (κ3) is 4.65. The van der Waals surface area contributed by atoms with Crippen LogP contribution in [0, 0.1) is 0 Å². The molecule has 0 spiro atoms. The van der Waals surface area contributed by atoms with Crippen LogP contribution in [-0.4, -0.2) is 65.2 Å². The van der Waals surface area contributed by atoms with E-state index in [0.29, 0.717) is 0 Å². The van der Waals surface area contributed by atoms with Gasteiger partial charge in [-0.1, -0.05) is 42.5 Å². The molecule has 1 amide bonds. The van der Waals surface area contributed by atoms with Gasteiger partial charge in [0.1, 0.15) is 0 Å². The molecular formula is C26H29N5O. The third-order valence-electron chi connectivity index (χ3n) is 6.42. The van der Waals surface area contributed by atoms with E-state index >= 15 is 0 Å². The molecule has 5 rings (SSSR count). The van der Waals surface area contributed by atoms with Crippen molar-refractivity contribution in [2.45, 2.75) is 19.4 Å². The molecule has 2 aliphatic rings. The van der Waals surface area contributed by atoms with Crippen molar-refractivity contribution in [3.63, 3.8) is 0 Å². The van der Waals surface area contributed by atoms with E-state index in [0.717, 1.165) is 68.5 Å². The van der Waals surface area contributed by atoms with Crippen LogP contribution in [0.5, 0.6) is 0 Å². The Hall–Kier alpha value is -3.25. The maximum Gasteiger partial charge on any atom is 0.253 e. The van der Waals surface area contributed by atoms with Gasteiger partial charge in [-0.3, -0.25) is 9.69 Å². The summed E-state index contributed by atoms with van der Waals surface area (Å²) in [5.41, 5.74) is 3.86. The number of rotatable bonds is 5. The summed E-state index contributed by atoms with van der Waals surface area (Å²) < 4.78 is 0. The molecule has 2 saturated heterocycles. The zero-order valence-electron chi connectivity index (χ0n) is 18.4. The molecule has 0 unspecified atom stereocenters. The average molecular weight is 428 g/mol. The van der Waals surface area contributed by atoms with Crippen LogP contribution in [0.4, 0.5) is 5.82 Å². The summed E-state index contributed by atoms with van der Waals surface area (Å²) in [6.45, 7) is 6.38. The van der Waals surface area contributed by atoms with Gasteiger partial charge in [0.2, 0.25) is 0 Å². The van der Waals surface area contributed by atoms with Gasteiger partial charge in [-0.05, 0) is 42.7 Å². The maximum absolute atomic E-state index is 13.0. The van der Waals surface area contributed by atoms with Gasteiger partial charge in [0.25, 0.3) is 5.91 Å². The molecule has 6 heteroatoms. The molecule has 3 heterocycles. The second kappa shape index (κ2) is 9.49. The average Bonchev–Trinajstić information content (AvgIpc) is 3.40. The van der Waals surface area contributed by atoms with Crippen LogP contribution in [0.25, 0.3) is 11.3 Å². The fourth-order valence-electron chi connectivity index (χ4n) is 4.51. The third-order valence-corrected chi connectivity index (χ3v) is 6.42. The summed E-state index contributed by atoms with van der Waals surface area (Å²) in [5.74, 6) is 1.05. The van der Waals surface area contributed by atoms with E-state index in [1.807, 2.05) is 47.4 Å². The molecule has 0 N–H and O–H groups in total. The first-order valence-corrected chi connectivity index (χ1v) is 11.5. The van der Waals surface area contributed by atoms with Crippen molar-refractivity contribution in [2.24, 2.45) is 0 Å². The lowest BCUT2D eigenvalue weighted by molar-refractivity contribution is 0.0628. The molecule has 0 aliphatic carbocycles. The van der Waals surface area contributed by atoms with Gasteiger partial charge in [-0.15, -0.1) is 10.2 Å². The molecule has 1 aromatic heterocycles. The number of carbonyl (C=O) groups excluding carboxylic acids is 1. The van der Waals surface area contributed by atoms with Gasteiger partial charge in [-0.25, -0.2) is 0 Å². The summed E-state index contributed by atoms with van der Waals surface area (Å²) in [7, 11) is 0. The SMILES string of the molecule is O=C(c1ccc(-c2ccc(N3CCCC3)nn2)cc1)N1CCN(Cc2ccccc2)CC1.